The van der Waals surface area contributed by atoms with E-state index >= 15 is 0 Å². The minimum Gasteiger partial charge on any atom is -0.391 e. The molecule has 2 atom stereocenters. The van der Waals surface area contributed by atoms with Gasteiger partial charge in [0.25, 0.3) is 0 Å². The summed E-state index contributed by atoms with van der Waals surface area (Å²) in [6.07, 6.45) is -0.423. The number of hydrogen-bond donors (Lipinski definition) is 2. The van der Waals surface area contributed by atoms with Crippen molar-refractivity contribution < 1.29 is 5.11 Å². The molecule has 0 fully saturated rings. The molecular weight excluding hydrogens is 198 g/mol. The Morgan fingerprint density at radius 3 is 2.71 bits per heavy atom. The Bertz CT molecular complexity index is 288. The SMILES string of the molecule is CCNC(c1cccc(Cl)c1)C(C)O. The largest absolute Gasteiger partial charge is 0.391 e. The van der Waals surface area contributed by atoms with Crippen LogP contribution in [0.15, 0.2) is 24.3 Å². The van der Waals surface area contributed by atoms with Gasteiger partial charge >= 0.3 is 0 Å². The number of likely N-dealkylation sites (N-methyl/N-ethyl adjacent to an activating group) is 1. The lowest BCUT2D eigenvalue weighted by Gasteiger charge is -2.21. The zero-order valence-corrected chi connectivity index (χ0v) is 9.25. The average molecular weight is 214 g/mol. The van der Waals surface area contributed by atoms with Crippen LogP contribution in [0.5, 0.6) is 0 Å². The van der Waals surface area contributed by atoms with Gasteiger partial charge in [-0.3, -0.25) is 0 Å². The highest BCUT2D eigenvalue weighted by atomic mass is 35.5. The van der Waals surface area contributed by atoms with Crippen LogP contribution in [0.3, 0.4) is 0 Å². The summed E-state index contributed by atoms with van der Waals surface area (Å²) in [4.78, 5) is 0. The van der Waals surface area contributed by atoms with E-state index in [1.807, 2.05) is 31.2 Å². The fourth-order valence-corrected chi connectivity index (χ4v) is 1.69. The summed E-state index contributed by atoms with van der Waals surface area (Å²) in [5.74, 6) is 0. The van der Waals surface area contributed by atoms with Crippen LogP contribution in [-0.4, -0.2) is 17.8 Å². The monoisotopic (exact) mass is 213 g/mol. The fourth-order valence-electron chi connectivity index (χ4n) is 1.49. The summed E-state index contributed by atoms with van der Waals surface area (Å²) in [6.45, 7) is 4.61. The molecule has 78 valence electrons. The summed E-state index contributed by atoms with van der Waals surface area (Å²) in [6, 6.07) is 7.52. The van der Waals surface area contributed by atoms with E-state index in [0.29, 0.717) is 5.02 Å². The number of nitrogens with one attached hydrogen (secondary N) is 1. The number of aliphatic hydroxyl groups excluding tert-OH is 1. The highest BCUT2D eigenvalue weighted by molar-refractivity contribution is 6.30. The number of hydrogen-bond acceptors (Lipinski definition) is 2. The van der Waals surface area contributed by atoms with Crippen molar-refractivity contribution >= 4 is 11.6 Å². The Kier molecular flexibility index (Phi) is 4.39. The van der Waals surface area contributed by atoms with Crippen LogP contribution >= 0.6 is 11.6 Å². The van der Waals surface area contributed by atoms with Crippen molar-refractivity contribution in [1.29, 1.82) is 0 Å². The third-order valence-corrected chi connectivity index (χ3v) is 2.35. The molecule has 0 saturated heterocycles. The van der Waals surface area contributed by atoms with Gasteiger partial charge in [0, 0.05) is 5.02 Å². The number of rotatable bonds is 4. The van der Waals surface area contributed by atoms with Gasteiger partial charge in [-0.05, 0) is 31.2 Å². The molecule has 0 aromatic heterocycles. The molecule has 0 radical (unpaired) electrons. The number of benzene rings is 1. The molecule has 2 N–H and O–H groups in total. The molecule has 14 heavy (non-hydrogen) atoms. The molecule has 0 aliphatic heterocycles. The van der Waals surface area contributed by atoms with Gasteiger partial charge < -0.3 is 10.4 Å². The van der Waals surface area contributed by atoms with Gasteiger partial charge in [-0.25, -0.2) is 0 Å². The third kappa shape index (κ3) is 2.98. The van der Waals surface area contributed by atoms with E-state index in [0.717, 1.165) is 12.1 Å². The smallest absolute Gasteiger partial charge is 0.0706 e. The van der Waals surface area contributed by atoms with Crippen molar-refractivity contribution in [2.45, 2.75) is 26.0 Å². The predicted octanol–water partition coefficient (Wildman–Crippen LogP) is 2.37. The molecule has 1 aromatic rings. The first-order valence-corrected chi connectivity index (χ1v) is 5.20. The second-order valence-electron chi connectivity index (χ2n) is 3.33. The van der Waals surface area contributed by atoms with Gasteiger partial charge in [0.1, 0.15) is 0 Å². The van der Waals surface area contributed by atoms with Crippen molar-refractivity contribution in [2.24, 2.45) is 0 Å². The van der Waals surface area contributed by atoms with Gasteiger partial charge in [-0.15, -0.1) is 0 Å². The number of aliphatic hydroxyl groups is 1. The lowest BCUT2D eigenvalue weighted by Crippen LogP contribution is -2.29. The minimum absolute atomic E-state index is 0.0429. The summed E-state index contributed by atoms with van der Waals surface area (Å²) < 4.78 is 0. The topological polar surface area (TPSA) is 32.3 Å². The summed E-state index contributed by atoms with van der Waals surface area (Å²) in [5, 5.41) is 13.5. The molecule has 0 spiro atoms. The van der Waals surface area contributed by atoms with Crippen molar-refractivity contribution in [3.05, 3.63) is 34.9 Å². The second-order valence-corrected chi connectivity index (χ2v) is 3.77. The van der Waals surface area contributed by atoms with Crippen molar-refractivity contribution in [1.82, 2.24) is 5.32 Å². The predicted molar refractivity (Wildman–Crippen MR) is 59.6 cm³/mol. The molecule has 0 aliphatic rings. The van der Waals surface area contributed by atoms with Gasteiger partial charge in [0.15, 0.2) is 0 Å². The maximum absolute atomic E-state index is 9.58. The zero-order chi connectivity index (χ0) is 10.6. The molecule has 3 heteroatoms. The zero-order valence-electron chi connectivity index (χ0n) is 8.50. The van der Waals surface area contributed by atoms with E-state index in [9.17, 15) is 5.11 Å². The van der Waals surface area contributed by atoms with Crippen LogP contribution in [0, 0.1) is 0 Å². The van der Waals surface area contributed by atoms with Crippen LogP contribution in [0.25, 0.3) is 0 Å². The summed E-state index contributed by atoms with van der Waals surface area (Å²) in [5.41, 5.74) is 1.02. The van der Waals surface area contributed by atoms with Gasteiger partial charge in [0.2, 0.25) is 0 Å². The van der Waals surface area contributed by atoms with Crippen LogP contribution < -0.4 is 5.32 Å². The van der Waals surface area contributed by atoms with E-state index in [1.54, 1.807) is 6.92 Å². The van der Waals surface area contributed by atoms with Crippen molar-refractivity contribution in [3.8, 4) is 0 Å². The molecule has 0 saturated carbocycles. The van der Waals surface area contributed by atoms with Crippen LogP contribution in [0.1, 0.15) is 25.5 Å². The lowest BCUT2D eigenvalue weighted by molar-refractivity contribution is 0.146. The van der Waals surface area contributed by atoms with Crippen LogP contribution in [-0.2, 0) is 0 Å². The van der Waals surface area contributed by atoms with E-state index in [2.05, 4.69) is 5.32 Å². The summed E-state index contributed by atoms with van der Waals surface area (Å²) >= 11 is 5.88. The quantitative estimate of drug-likeness (QED) is 0.805. The molecule has 0 aliphatic carbocycles. The first-order valence-electron chi connectivity index (χ1n) is 4.82. The molecule has 2 unspecified atom stereocenters. The maximum Gasteiger partial charge on any atom is 0.0706 e. The fraction of sp³-hybridized carbons (Fsp3) is 0.455. The Labute approximate surface area is 89.9 Å². The van der Waals surface area contributed by atoms with Gasteiger partial charge in [0.05, 0.1) is 12.1 Å². The molecule has 0 amide bonds. The van der Waals surface area contributed by atoms with Gasteiger partial charge in [-0.1, -0.05) is 30.7 Å². The normalized spacial score (nSPS) is 15.1. The highest BCUT2D eigenvalue weighted by Crippen LogP contribution is 2.20. The van der Waals surface area contributed by atoms with Crippen molar-refractivity contribution in [3.63, 3.8) is 0 Å². The van der Waals surface area contributed by atoms with Crippen molar-refractivity contribution in [2.75, 3.05) is 6.54 Å². The van der Waals surface area contributed by atoms with E-state index in [4.69, 9.17) is 11.6 Å². The number of halogens is 1. The molecule has 1 aromatic carbocycles. The Balaban J connectivity index is 2.87. The molecule has 0 bridgehead atoms. The minimum atomic E-state index is -0.423. The Morgan fingerprint density at radius 1 is 1.50 bits per heavy atom. The van der Waals surface area contributed by atoms with E-state index in [-0.39, 0.29) is 6.04 Å². The molecule has 1 rings (SSSR count). The summed E-state index contributed by atoms with van der Waals surface area (Å²) in [7, 11) is 0. The Morgan fingerprint density at radius 2 is 2.21 bits per heavy atom. The third-order valence-electron chi connectivity index (χ3n) is 2.11. The standard InChI is InChI=1S/C11H16ClNO/c1-3-13-11(8(2)14)9-5-4-6-10(12)7-9/h4-8,11,13-14H,3H2,1-2H3. The van der Waals surface area contributed by atoms with Crippen LogP contribution in [0.4, 0.5) is 0 Å². The van der Waals surface area contributed by atoms with E-state index < -0.39 is 6.10 Å². The molecular formula is C11H16ClNO. The highest BCUT2D eigenvalue weighted by Gasteiger charge is 2.15. The average Bonchev–Trinajstić information content (AvgIpc) is 2.13. The first kappa shape index (κ1) is 11.5. The Hall–Kier alpha value is -0.570. The van der Waals surface area contributed by atoms with Crippen LogP contribution in [0.2, 0.25) is 5.02 Å². The molecule has 2 nitrogen and oxygen atoms in total. The van der Waals surface area contributed by atoms with E-state index in [1.165, 1.54) is 0 Å². The first-order chi connectivity index (χ1) is 6.65. The maximum atomic E-state index is 9.58. The molecule has 0 heterocycles. The second kappa shape index (κ2) is 5.35. The lowest BCUT2D eigenvalue weighted by atomic mass is 10.0. The van der Waals surface area contributed by atoms with Gasteiger partial charge in [-0.2, -0.15) is 0 Å².